The van der Waals surface area contributed by atoms with E-state index in [9.17, 15) is 13.2 Å². The normalized spacial score (nSPS) is 16.6. The lowest BCUT2D eigenvalue weighted by molar-refractivity contribution is -0.125. The summed E-state index contributed by atoms with van der Waals surface area (Å²) < 4.78 is 34.7. The summed E-state index contributed by atoms with van der Waals surface area (Å²) >= 11 is 0. The van der Waals surface area contributed by atoms with Gasteiger partial charge in [-0.25, -0.2) is 0 Å². The zero-order valence-corrected chi connectivity index (χ0v) is 23.1. The second-order valence-corrected chi connectivity index (χ2v) is 12.1. The highest BCUT2D eigenvalue weighted by molar-refractivity contribution is 7.86. The molecule has 0 fully saturated rings. The van der Waals surface area contributed by atoms with Gasteiger partial charge in [0.25, 0.3) is 10.2 Å². The number of nitrogens with zero attached hydrogens (tertiary/aromatic N) is 3. The third-order valence-electron chi connectivity index (χ3n) is 6.57. The van der Waals surface area contributed by atoms with Crippen molar-refractivity contribution >= 4 is 16.1 Å². The molecule has 198 valence electrons. The molecule has 0 aromatic heterocycles. The van der Waals surface area contributed by atoms with E-state index < -0.39 is 16.3 Å². The third kappa shape index (κ3) is 6.85. The van der Waals surface area contributed by atoms with Crippen molar-refractivity contribution in [1.82, 2.24) is 18.8 Å². The molecule has 36 heavy (non-hydrogen) atoms. The van der Waals surface area contributed by atoms with Gasteiger partial charge >= 0.3 is 0 Å². The molecule has 3 rings (SSSR count). The Bertz CT molecular complexity index is 1110. The molecule has 0 saturated carbocycles. The largest absolute Gasteiger partial charge is 0.489 e. The molecule has 1 atom stereocenters. The lowest BCUT2D eigenvalue weighted by atomic mass is 9.95. The number of hydrogen-bond donors (Lipinski definition) is 1. The van der Waals surface area contributed by atoms with Gasteiger partial charge in [0.05, 0.1) is 0 Å². The van der Waals surface area contributed by atoms with Crippen LogP contribution in [0.5, 0.6) is 5.75 Å². The zero-order chi connectivity index (χ0) is 26.5. The minimum Gasteiger partial charge on any atom is -0.489 e. The summed E-state index contributed by atoms with van der Waals surface area (Å²) in [6.07, 6.45) is 0.287. The highest BCUT2D eigenvalue weighted by Crippen LogP contribution is 2.30. The van der Waals surface area contributed by atoms with E-state index in [0.29, 0.717) is 37.5 Å². The summed E-state index contributed by atoms with van der Waals surface area (Å²) in [5.74, 6) is 0.416. The van der Waals surface area contributed by atoms with Crippen LogP contribution in [0.1, 0.15) is 44.4 Å². The molecule has 9 heteroatoms. The molecule has 1 aliphatic heterocycles. The van der Waals surface area contributed by atoms with Crippen molar-refractivity contribution in [3.05, 3.63) is 65.2 Å². The van der Waals surface area contributed by atoms with E-state index in [0.717, 1.165) is 21.0 Å². The summed E-state index contributed by atoms with van der Waals surface area (Å²) in [6, 6.07) is 15.5. The van der Waals surface area contributed by atoms with Crippen LogP contribution in [0.15, 0.2) is 48.5 Å². The van der Waals surface area contributed by atoms with Gasteiger partial charge in [0.1, 0.15) is 18.4 Å². The van der Waals surface area contributed by atoms with Crippen molar-refractivity contribution < 1.29 is 17.9 Å². The molecule has 1 heterocycles. The van der Waals surface area contributed by atoms with Gasteiger partial charge in [-0.15, -0.1) is 0 Å². The van der Waals surface area contributed by atoms with Crippen molar-refractivity contribution in [2.45, 2.75) is 65.4 Å². The average molecular weight is 517 g/mol. The van der Waals surface area contributed by atoms with Gasteiger partial charge in [0, 0.05) is 45.8 Å². The molecule has 1 unspecified atom stereocenters. The number of benzene rings is 2. The molecular weight excluding hydrogens is 476 g/mol. The molecule has 0 spiro atoms. The highest BCUT2D eigenvalue weighted by atomic mass is 32.2. The van der Waals surface area contributed by atoms with Crippen molar-refractivity contribution in [3.8, 4) is 5.75 Å². The Balaban J connectivity index is 1.78. The van der Waals surface area contributed by atoms with Gasteiger partial charge in [0.15, 0.2) is 0 Å². The number of amides is 1. The van der Waals surface area contributed by atoms with Gasteiger partial charge in [0.2, 0.25) is 5.91 Å². The Hall–Kier alpha value is -2.46. The van der Waals surface area contributed by atoms with E-state index in [-0.39, 0.29) is 18.9 Å². The SMILES string of the molecule is CC(C)N(CCNC(=O)C1Cc2cc(OCc3ccccc3)ccc2CN1S(=O)(=O)N(C)C)C(C)C. The fourth-order valence-corrected chi connectivity index (χ4v) is 5.79. The molecule has 2 aromatic carbocycles. The van der Waals surface area contributed by atoms with Crippen molar-refractivity contribution in [2.75, 3.05) is 27.2 Å². The Labute approximate surface area is 216 Å². The Kier molecular flexibility index (Phi) is 9.52. The van der Waals surface area contributed by atoms with E-state index in [2.05, 4.69) is 37.9 Å². The first-order chi connectivity index (χ1) is 17.0. The molecule has 0 aliphatic carbocycles. The lowest BCUT2D eigenvalue weighted by Crippen LogP contribution is -2.55. The van der Waals surface area contributed by atoms with Crippen molar-refractivity contribution in [3.63, 3.8) is 0 Å². The van der Waals surface area contributed by atoms with Crippen LogP contribution >= 0.6 is 0 Å². The van der Waals surface area contributed by atoms with Gasteiger partial charge in [-0.1, -0.05) is 36.4 Å². The minimum absolute atomic E-state index is 0.136. The fourth-order valence-electron chi connectivity index (χ4n) is 4.58. The fraction of sp³-hybridized carbons (Fsp3) is 0.519. The van der Waals surface area contributed by atoms with Gasteiger partial charge in [-0.2, -0.15) is 17.0 Å². The van der Waals surface area contributed by atoms with Crippen LogP contribution in [0.4, 0.5) is 0 Å². The quantitative estimate of drug-likeness (QED) is 0.497. The highest BCUT2D eigenvalue weighted by Gasteiger charge is 2.40. The first-order valence-corrected chi connectivity index (χ1v) is 13.9. The van der Waals surface area contributed by atoms with Crippen LogP contribution in [0.2, 0.25) is 0 Å². The number of nitrogens with one attached hydrogen (secondary N) is 1. The van der Waals surface area contributed by atoms with E-state index in [1.54, 1.807) is 0 Å². The third-order valence-corrected chi connectivity index (χ3v) is 8.47. The number of rotatable bonds is 11. The first-order valence-electron chi connectivity index (χ1n) is 12.5. The first kappa shape index (κ1) is 28.1. The number of fused-ring (bicyclic) bond motifs is 1. The van der Waals surface area contributed by atoms with Crippen LogP contribution in [0.25, 0.3) is 0 Å². The van der Waals surface area contributed by atoms with E-state index in [1.165, 1.54) is 18.4 Å². The van der Waals surface area contributed by atoms with Crippen molar-refractivity contribution in [1.29, 1.82) is 0 Å². The standard InChI is InChI=1S/C27H40N4O4S/c1-20(2)30(21(3)4)15-14-28-27(32)26-17-24-16-25(35-19-22-10-8-7-9-11-22)13-12-23(24)18-31(26)36(33,34)29(5)6/h7-13,16,20-21,26H,14-15,17-19H2,1-6H3,(H,28,32). The number of ether oxygens (including phenoxy) is 1. The maximum atomic E-state index is 13.3. The summed E-state index contributed by atoms with van der Waals surface area (Å²) in [6.45, 7) is 10.2. The molecule has 1 amide bonds. The van der Waals surface area contributed by atoms with Gasteiger partial charge in [-0.3, -0.25) is 9.69 Å². The van der Waals surface area contributed by atoms with Crippen molar-refractivity contribution in [2.24, 2.45) is 0 Å². The molecule has 0 bridgehead atoms. The minimum atomic E-state index is -3.80. The number of carbonyl (C=O) groups is 1. The topological polar surface area (TPSA) is 82.2 Å². The Morgan fingerprint density at radius 3 is 2.33 bits per heavy atom. The Morgan fingerprint density at radius 2 is 1.72 bits per heavy atom. The molecule has 0 radical (unpaired) electrons. The second-order valence-electron chi connectivity index (χ2n) is 9.98. The number of hydrogen-bond acceptors (Lipinski definition) is 5. The smallest absolute Gasteiger partial charge is 0.282 e. The lowest BCUT2D eigenvalue weighted by Gasteiger charge is -2.37. The van der Waals surface area contributed by atoms with Crippen LogP contribution in [0, 0.1) is 0 Å². The van der Waals surface area contributed by atoms with Crippen LogP contribution in [-0.2, 0) is 34.6 Å². The van der Waals surface area contributed by atoms with Crippen LogP contribution in [-0.4, -0.2) is 73.1 Å². The summed E-state index contributed by atoms with van der Waals surface area (Å²) in [5, 5.41) is 2.99. The van der Waals surface area contributed by atoms with Crippen LogP contribution in [0.3, 0.4) is 0 Å². The monoisotopic (exact) mass is 516 g/mol. The van der Waals surface area contributed by atoms with Gasteiger partial charge in [-0.05, 0) is 62.9 Å². The predicted octanol–water partition coefficient (Wildman–Crippen LogP) is 3.03. The van der Waals surface area contributed by atoms with E-state index in [4.69, 9.17) is 4.74 Å². The molecule has 8 nitrogen and oxygen atoms in total. The average Bonchev–Trinajstić information content (AvgIpc) is 2.84. The summed E-state index contributed by atoms with van der Waals surface area (Å²) in [7, 11) is -0.818. The summed E-state index contributed by atoms with van der Waals surface area (Å²) in [5.41, 5.74) is 2.87. The maximum absolute atomic E-state index is 13.3. The van der Waals surface area contributed by atoms with E-state index in [1.807, 2.05) is 48.5 Å². The molecule has 1 N–H and O–H groups in total. The summed E-state index contributed by atoms with van der Waals surface area (Å²) in [4.78, 5) is 15.6. The van der Waals surface area contributed by atoms with Gasteiger partial charge < -0.3 is 10.1 Å². The zero-order valence-electron chi connectivity index (χ0n) is 22.3. The molecule has 2 aromatic rings. The molecular formula is C27H40N4O4S. The number of carbonyl (C=O) groups excluding carboxylic acids is 1. The second kappa shape index (κ2) is 12.2. The predicted molar refractivity (Wildman–Crippen MR) is 143 cm³/mol. The maximum Gasteiger partial charge on any atom is 0.282 e. The van der Waals surface area contributed by atoms with Crippen LogP contribution < -0.4 is 10.1 Å². The molecule has 1 aliphatic rings. The Morgan fingerprint density at radius 1 is 1.06 bits per heavy atom. The molecule has 0 saturated heterocycles. The van der Waals surface area contributed by atoms with E-state index >= 15 is 0 Å².